The average molecular weight is 280 g/mol. The molecular formula is C13H16N2O5. The molecule has 7 heteroatoms. The van der Waals surface area contributed by atoms with Crippen molar-refractivity contribution in [2.45, 2.75) is 26.0 Å². The van der Waals surface area contributed by atoms with E-state index in [-0.39, 0.29) is 0 Å². The Labute approximate surface area is 115 Å². The van der Waals surface area contributed by atoms with Gasteiger partial charge >= 0.3 is 17.8 Å². The number of aliphatic hydroxyl groups excluding tert-OH is 1. The van der Waals surface area contributed by atoms with Gasteiger partial charge in [0.2, 0.25) is 0 Å². The lowest BCUT2D eigenvalue weighted by Crippen LogP contribution is -2.50. The van der Waals surface area contributed by atoms with Crippen LogP contribution < -0.4 is 10.6 Å². The van der Waals surface area contributed by atoms with Crippen LogP contribution in [0.3, 0.4) is 0 Å². The number of carbonyl (C=O) groups excluding carboxylic acids is 2. The molecule has 0 fully saturated rings. The monoisotopic (exact) mass is 280 g/mol. The number of aliphatic carboxylic acids is 1. The minimum Gasteiger partial charge on any atom is -0.480 e. The molecule has 4 N–H and O–H groups in total. The summed E-state index contributed by atoms with van der Waals surface area (Å²) in [6.07, 6.45) is -1.32. The first-order valence-electron chi connectivity index (χ1n) is 5.90. The maximum Gasteiger partial charge on any atom is 0.328 e. The fraction of sp³-hybridized carbons (Fsp3) is 0.308. The van der Waals surface area contributed by atoms with Crippen LogP contribution in [-0.2, 0) is 14.4 Å². The molecule has 1 aromatic rings. The predicted octanol–water partition coefficient (Wildman–Crippen LogP) is -0.116. The number of carboxylic acid groups (broad SMARTS) is 1. The molecule has 0 aromatic heterocycles. The maximum absolute atomic E-state index is 11.6. The van der Waals surface area contributed by atoms with Crippen molar-refractivity contribution in [3.8, 4) is 0 Å². The summed E-state index contributed by atoms with van der Waals surface area (Å²) in [5.74, 6) is -3.55. The molecule has 0 aliphatic carbocycles. The largest absolute Gasteiger partial charge is 0.480 e. The Morgan fingerprint density at radius 3 is 2.10 bits per heavy atom. The molecule has 1 aromatic carbocycles. The molecule has 0 saturated heterocycles. The summed E-state index contributed by atoms with van der Waals surface area (Å²) in [5, 5.41) is 22.3. The zero-order chi connectivity index (χ0) is 15.3. The number of hydrogen-bond donors (Lipinski definition) is 4. The van der Waals surface area contributed by atoms with Crippen molar-refractivity contribution < 1.29 is 24.6 Å². The zero-order valence-corrected chi connectivity index (χ0v) is 11.1. The number of benzene rings is 1. The van der Waals surface area contributed by atoms with Gasteiger partial charge in [0.1, 0.15) is 0 Å². The standard InChI is InChI=1S/C13H16N2O5/c1-7-3-5-9(6-4-7)14-11(17)12(18)15-10(8(2)16)13(19)20/h3-6,8,10,16H,1-2H3,(H,14,17)(H,15,18)(H,19,20). The maximum atomic E-state index is 11.6. The van der Waals surface area contributed by atoms with Gasteiger partial charge in [0.15, 0.2) is 6.04 Å². The Balaban J connectivity index is 2.65. The van der Waals surface area contributed by atoms with Crippen LogP contribution in [0.25, 0.3) is 0 Å². The molecule has 0 spiro atoms. The third kappa shape index (κ3) is 4.36. The van der Waals surface area contributed by atoms with Crippen molar-refractivity contribution in [2.75, 3.05) is 5.32 Å². The van der Waals surface area contributed by atoms with Gasteiger partial charge in [-0.15, -0.1) is 0 Å². The van der Waals surface area contributed by atoms with E-state index in [9.17, 15) is 19.5 Å². The van der Waals surface area contributed by atoms with Crippen LogP contribution in [-0.4, -0.2) is 40.1 Å². The van der Waals surface area contributed by atoms with Crippen LogP contribution in [0.2, 0.25) is 0 Å². The van der Waals surface area contributed by atoms with E-state index in [1.165, 1.54) is 6.92 Å². The van der Waals surface area contributed by atoms with E-state index in [1.54, 1.807) is 24.3 Å². The first kappa shape index (κ1) is 15.6. The smallest absolute Gasteiger partial charge is 0.328 e. The Morgan fingerprint density at radius 1 is 1.10 bits per heavy atom. The van der Waals surface area contributed by atoms with E-state index in [0.29, 0.717) is 5.69 Å². The molecule has 0 aliphatic heterocycles. The predicted molar refractivity (Wildman–Crippen MR) is 71.1 cm³/mol. The molecule has 0 heterocycles. The van der Waals surface area contributed by atoms with Crippen LogP contribution in [0.1, 0.15) is 12.5 Å². The van der Waals surface area contributed by atoms with Gasteiger partial charge in [0, 0.05) is 5.69 Å². The number of aliphatic hydroxyl groups is 1. The second-order valence-electron chi connectivity index (χ2n) is 4.35. The zero-order valence-electron chi connectivity index (χ0n) is 11.1. The Kier molecular flexibility index (Phi) is 5.22. The number of carboxylic acids is 1. The molecule has 2 unspecified atom stereocenters. The summed E-state index contributed by atoms with van der Waals surface area (Å²) in [5.41, 5.74) is 1.41. The van der Waals surface area contributed by atoms with Gasteiger partial charge in [-0.2, -0.15) is 0 Å². The van der Waals surface area contributed by atoms with Gasteiger partial charge < -0.3 is 20.8 Å². The van der Waals surface area contributed by atoms with E-state index < -0.39 is 29.9 Å². The van der Waals surface area contributed by atoms with Crippen molar-refractivity contribution in [1.82, 2.24) is 5.32 Å². The van der Waals surface area contributed by atoms with Crippen molar-refractivity contribution in [3.05, 3.63) is 29.8 Å². The Bertz CT molecular complexity index is 510. The van der Waals surface area contributed by atoms with Crippen molar-refractivity contribution in [1.29, 1.82) is 0 Å². The van der Waals surface area contributed by atoms with Crippen molar-refractivity contribution >= 4 is 23.5 Å². The number of aryl methyl sites for hydroxylation is 1. The summed E-state index contributed by atoms with van der Waals surface area (Å²) in [6.45, 7) is 3.08. The summed E-state index contributed by atoms with van der Waals surface area (Å²) in [6, 6.07) is 5.20. The molecule has 7 nitrogen and oxygen atoms in total. The molecule has 0 aliphatic rings. The molecular weight excluding hydrogens is 264 g/mol. The minimum atomic E-state index is -1.54. The molecule has 108 valence electrons. The van der Waals surface area contributed by atoms with Crippen LogP contribution in [0, 0.1) is 6.92 Å². The fourth-order valence-corrected chi connectivity index (χ4v) is 1.42. The van der Waals surface area contributed by atoms with Gasteiger partial charge in [-0.05, 0) is 26.0 Å². The highest BCUT2D eigenvalue weighted by Crippen LogP contribution is 2.08. The van der Waals surface area contributed by atoms with E-state index in [2.05, 4.69) is 5.32 Å². The number of carbonyl (C=O) groups is 3. The second kappa shape index (κ2) is 6.67. The van der Waals surface area contributed by atoms with Gasteiger partial charge in [0.25, 0.3) is 0 Å². The average Bonchev–Trinajstić information content (AvgIpc) is 2.37. The van der Waals surface area contributed by atoms with E-state index in [1.807, 2.05) is 12.2 Å². The van der Waals surface area contributed by atoms with Gasteiger partial charge in [-0.1, -0.05) is 17.7 Å². The summed E-state index contributed by atoms with van der Waals surface area (Å²) in [4.78, 5) is 33.9. The summed E-state index contributed by atoms with van der Waals surface area (Å²) >= 11 is 0. The number of nitrogens with one attached hydrogen (secondary N) is 2. The van der Waals surface area contributed by atoms with Gasteiger partial charge in [-0.25, -0.2) is 4.79 Å². The molecule has 2 atom stereocenters. The van der Waals surface area contributed by atoms with E-state index >= 15 is 0 Å². The van der Waals surface area contributed by atoms with Crippen molar-refractivity contribution in [3.63, 3.8) is 0 Å². The molecule has 2 amide bonds. The summed E-state index contributed by atoms with van der Waals surface area (Å²) < 4.78 is 0. The highest BCUT2D eigenvalue weighted by molar-refractivity contribution is 6.40. The van der Waals surface area contributed by atoms with E-state index in [0.717, 1.165) is 5.56 Å². The quantitative estimate of drug-likeness (QED) is 0.574. The van der Waals surface area contributed by atoms with Gasteiger partial charge in [-0.3, -0.25) is 9.59 Å². The molecule has 0 radical (unpaired) electrons. The third-order valence-corrected chi connectivity index (χ3v) is 2.55. The molecule has 1 rings (SSSR count). The number of rotatable bonds is 4. The molecule has 0 saturated carbocycles. The van der Waals surface area contributed by atoms with Crippen LogP contribution in [0.4, 0.5) is 5.69 Å². The first-order valence-corrected chi connectivity index (χ1v) is 5.90. The second-order valence-corrected chi connectivity index (χ2v) is 4.35. The van der Waals surface area contributed by atoms with Crippen LogP contribution in [0.5, 0.6) is 0 Å². The number of anilines is 1. The molecule has 20 heavy (non-hydrogen) atoms. The minimum absolute atomic E-state index is 0.416. The van der Waals surface area contributed by atoms with Crippen LogP contribution >= 0.6 is 0 Å². The lowest BCUT2D eigenvalue weighted by molar-refractivity contribution is -0.146. The lowest BCUT2D eigenvalue weighted by Gasteiger charge is -2.16. The Hall–Kier alpha value is -2.41. The van der Waals surface area contributed by atoms with Crippen molar-refractivity contribution in [2.24, 2.45) is 0 Å². The number of amides is 2. The normalized spacial score (nSPS) is 13.2. The topological polar surface area (TPSA) is 116 Å². The van der Waals surface area contributed by atoms with Gasteiger partial charge in [0.05, 0.1) is 6.10 Å². The summed E-state index contributed by atoms with van der Waals surface area (Å²) in [7, 11) is 0. The third-order valence-electron chi connectivity index (χ3n) is 2.55. The molecule has 0 bridgehead atoms. The SMILES string of the molecule is Cc1ccc(NC(=O)C(=O)NC(C(=O)O)C(C)O)cc1. The highest BCUT2D eigenvalue weighted by Gasteiger charge is 2.27. The number of hydrogen-bond acceptors (Lipinski definition) is 4. The Morgan fingerprint density at radius 2 is 1.65 bits per heavy atom. The fourth-order valence-electron chi connectivity index (χ4n) is 1.42. The van der Waals surface area contributed by atoms with Crippen LogP contribution in [0.15, 0.2) is 24.3 Å². The van der Waals surface area contributed by atoms with E-state index in [4.69, 9.17) is 5.11 Å². The first-order chi connectivity index (χ1) is 9.31. The lowest BCUT2D eigenvalue weighted by atomic mass is 10.2. The highest BCUT2D eigenvalue weighted by atomic mass is 16.4.